The van der Waals surface area contributed by atoms with E-state index in [1.54, 1.807) is 6.07 Å². The van der Waals surface area contributed by atoms with Crippen molar-refractivity contribution in [2.24, 2.45) is 5.92 Å². The highest BCUT2D eigenvalue weighted by Crippen LogP contribution is 2.34. The largest absolute Gasteiger partial charge is 0.417 e. The number of sulfonamides is 1. The molecule has 0 aliphatic rings. The standard InChI is InChI=1S/C24H28F4N4O4S2/c1-14(2)11-18(32-23(34)19-13-20-17(31-19)7-10-37-20)22(33)29-8-3-4-9-30-38(35,36)21-6-5-15(25)12-16(21)24(26,27)28/h5-7,10,12-14,18,30-31H,3-4,8-9,11H2,1-2H3,(H,29,33)(H,32,34)/t18-/m0/s1. The zero-order chi connectivity index (χ0) is 28.1. The average molecular weight is 577 g/mol. The third kappa shape index (κ3) is 7.77. The van der Waals surface area contributed by atoms with Crippen molar-refractivity contribution >= 4 is 43.4 Å². The van der Waals surface area contributed by atoms with E-state index in [1.807, 2.05) is 25.3 Å². The molecule has 3 aromatic rings. The van der Waals surface area contributed by atoms with E-state index in [2.05, 4.69) is 20.3 Å². The van der Waals surface area contributed by atoms with Crippen LogP contribution in [0.5, 0.6) is 0 Å². The lowest BCUT2D eigenvalue weighted by Gasteiger charge is -2.20. The van der Waals surface area contributed by atoms with Crippen molar-refractivity contribution in [2.75, 3.05) is 13.1 Å². The summed E-state index contributed by atoms with van der Waals surface area (Å²) in [4.78, 5) is 27.3. The predicted molar refractivity (Wildman–Crippen MR) is 136 cm³/mol. The summed E-state index contributed by atoms with van der Waals surface area (Å²) < 4.78 is 80.4. The van der Waals surface area contributed by atoms with Crippen LogP contribution in [-0.2, 0) is 21.0 Å². The second-order valence-corrected chi connectivity index (χ2v) is 11.8. The molecule has 38 heavy (non-hydrogen) atoms. The molecular weight excluding hydrogens is 548 g/mol. The van der Waals surface area contributed by atoms with Gasteiger partial charge in [-0.05, 0) is 60.9 Å². The van der Waals surface area contributed by atoms with E-state index in [1.165, 1.54) is 11.3 Å². The molecule has 1 aromatic carbocycles. The van der Waals surface area contributed by atoms with Crippen LogP contribution in [0.4, 0.5) is 17.6 Å². The summed E-state index contributed by atoms with van der Waals surface area (Å²) in [5.41, 5.74) is -0.417. The zero-order valence-corrected chi connectivity index (χ0v) is 22.2. The molecule has 0 unspecified atom stereocenters. The highest BCUT2D eigenvalue weighted by molar-refractivity contribution is 7.89. The number of rotatable bonds is 12. The number of H-pyrrole nitrogens is 1. The van der Waals surface area contributed by atoms with Crippen molar-refractivity contribution in [3.63, 3.8) is 0 Å². The van der Waals surface area contributed by atoms with Gasteiger partial charge in [0.25, 0.3) is 5.91 Å². The van der Waals surface area contributed by atoms with Gasteiger partial charge in [0.05, 0.1) is 20.7 Å². The quantitative estimate of drug-likeness (QED) is 0.189. The Hall–Kier alpha value is -2.97. The zero-order valence-electron chi connectivity index (χ0n) is 20.6. The van der Waals surface area contributed by atoms with E-state index in [-0.39, 0.29) is 31.5 Å². The first-order valence-corrected chi connectivity index (χ1v) is 14.2. The van der Waals surface area contributed by atoms with Crippen molar-refractivity contribution in [1.29, 1.82) is 0 Å². The monoisotopic (exact) mass is 576 g/mol. The smallest absolute Gasteiger partial charge is 0.354 e. The van der Waals surface area contributed by atoms with Crippen LogP contribution in [0.1, 0.15) is 49.2 Å². The number of nitrogens with one attached hydrogen (secondary N) is 4. The Bertz CT molecular complexity index is 1350. The van der Waals surface area contributed by atoms with Gasteiger partial charge in [-0.2, -0.15) is 13.2 Å². The molecule has 0 fully saturated rings. The summed E-state index contributed by atoms with van der Waals surface area (Å²) in [5, 5.41) is 7.33. The van der Waals surface area contributed by atoms with Gasteiger partial charge in [-0.25, -0.2) is 17.5 Å². The average Bonchev–Trinajstić information content (AvgIpc) is 3.42. The number of alkyl halides is 3. The van der Waals surface area contributed by atoms with Gasteiger partial charge >= 0.3 is 6.18 Å². The first-order chi connectivity index (χ1) is 17.8. The fraction of sp³-hybridized carbons (Fsp3) is 0.417. The van der Waals surface area contributed by atoms with Gasteiger partial charge in [-0.1, -0.05) is 13.8 Å². The molecular formula is C24H28F4N4O4S2. The van der Waals surface area contributed by atoms with Crippen LogP contribution in [-0.4, -0.2) is 44.3 Å². The number of aromatic amines is 1. The Morgan fingerprint density at radius 3 is 2.45 bits per heavy atom. The van der Waals surface area contributed by atoms with Crippen molar-refractivity contribution in [3.8, 4) is 0 Å². The molecule has 0 aliphatic carbocycles. The van der Waals surface area contributed by atoms with Crippen LogP contribution in [0.15, 0.2) is 40.6 Å². The Labute approximate surface area is 221 Å². The Balaban J connectivity index is 1.49. The van der Waals surface area contributed by atoms with Crippen LogP contribution >= 0.6 is 11.3 Å². The molecule has 0 spiro atoms. The van der Waals surface area contributed by atoms with Crippen LogP contribution in [0.25, 0.3) is 10.2 Å². The van der Waals surface area contributed by atoms with E-state index < -0.39 is 50.3 Å². The summed E-state index contributed by atoms with van der Waals surface area (Å²) in [5.74, 6) is -1.91. The first kappa shape index (κ1) is 29.6. The molecule has 1 atom stereocenters. The molecule has 0 saturated heterocycles. The highest BCUT2D eigenvalue weighted by Gasteiger charge is 2.37. The molecule has 0 aliphatic heterocycles. The molecule has 2 heterocycles. The van der Waals surface area contributed by atoms with E-state index >= 15 is 0 Å². The maximum absolute atomic E-state index is 13.3. The second kappa shape index (κ2) is 12.3. The minimum Gasteiger partial charge on any atom is -0.354 e. The summed E-state index contributed by atoms with van der Waals surface area (Å²) in [6.45, 7) is 3.79. The van der Waals surface area contributed by atoms with E-state index in [9.17, 15) is 35.6 Å². The van der Waals surface area contributed by atoms with E-state index in [4.69, 9.17) is 0 Å². The van der Waals surface area contributed by atoms with Crippen molar-refractivity contribution in [3.05, 3.63) is 52.8 Å². The van der Waals surface area contributed by atoms with Gasteiger partial charge in [0.2, 0.25) is 15.9 Å². The van der Waals surface area contributed by atoms with Gasteiger partial charge in [0.1, 0.15) is 17.6 Å². The van der Waals surface area contributed by atoms with Crippen LogP contribution in [0.2, 0.25) is 0 Å². The van der Waals surface area contributed by atoms with Gasteiger partial charge in [0, 0.05) is 13.1 Å². The Morgan fingerprint density at radius 1 is 1.08 bits per heavy atom. The molecule has 8 nitrogen and oxygen atoms in total. The molecule has 208 valence electrons. The number of hydrogen-bond donors (Lipinski definition) is 4. The summed E-state index contributed by atoms with van der Waals surface area (Å²) in [6, 6.07) is 4.12. The maximum Gasteiger partial charge on any atom is 0.417 e. The van der Waals surface area contributed by atoms with Crippen molar-refractivity contribution < 1.29 is 35.6 Å². The van der Waals surface area contributed by atoms with Crippen LogP contribution in [0, 0.1) is 11.7 Å². The number of thiophene rings is 1. The number of amides is 2. The van der Waals surface area contributed by atoms with Gasteiger partial charge in [0.15, 0.2) is 0 Å². The van der Waals surface area contributed by atoms with Crippen molar-refractivity contribution in [1.82, 2.24) is 20.3 Å². The van der Waals surface area contributed by atoms with Crippen LogP contribution in [0.3, 0.4) is 0 Å². The third-order valence-corrected chi connectivity index (χ3v) is 7.93. The highest BCUT2D eigenvalue weighted by atomic mass is 32.2. The number of carbonyl (C=O) groups excluding carboxylic acids is 2. The number of unbranched alkanes of at least 4 members (excludes halogenated alkanes) is 1. The third-order valence-electron chi connectivity index (χ3n) is 5.54. The van der Waals surface area contributed by atoms with Gasteiger partial charge in [-0.3, -0.25) is 9.59 Å². The van der Waals surface area contributed by atoms with Gasteiger partial charge < -0.3 is 15.6 Å². The molecule has 3 rings (SSSR count). The molecule has 4 N–H and O–H groups in total. The normalized spacial score (nSPS) is 13.1. The maximum atomic E-state index is 13.3. The summed E-state index contributed by atoms with van der Waals surface area (Å²) in [6.07, 6.45) is -4.12. The first-order valence-electron chi connectivity index (χ1n) is 11.8. The lowest BCUT2D eigenvalue weighted by molar-refractivity contribution is -0.140. The molecule has 14 heteroatoms. The van der Waals surface area contributed by atoms with Gasteiger partial charge in [-0.15, -0.1) is 11.3 Å². The number of fused-ring (bicyclic) bond motifs is 1. The fourth-order valence-corrected chi connectivity index (χ4v) is 5.80. The van der Waals surface area contributed by atoms with Crippen molar-refractivity contribution in [2.45, 2.75) is 50.2 Å². The number of halogens is 4. The molecule has 0 radical (unpaired) electrons. The topological polar surface area (TPSA) is 120 Å². The Kier molecular flexibility index (Phi) is 9.54. The SMILES string of the molecule is CC(C)C[C@H](NC(=O)c1cc2sccc2[nH]1)C(=O)NCCCCNS(=O)(=O)c1ccc(F)cc1C(F)(F)F. The number of hydrogen-bond acceptors (Lipinski definition) is 5. The molecule has 2 aromatic heterocycles. The number of carbonyl (C=O) groups is 2. The predicted octanol–water partition coefficient (Wildman–Crippen LogP) is 4.41. The minimum atomic E-state index is -5.05. The Morgan fingerprint density at radius 2 is 1.79 bits per heavy atom. The number of aromatic nitrogens is 1. The molecule has 0 saturated carbocycles. The lowest BCUT2D eigenvalue weighted by atomic mass is 10.0. The molecule has 2 amide bonds. The summed E-state index contributed by atoms with van der Waals surface area (Å²) in [7, 11) is -4.54. The van der Waals surface area contributed by atoms with Crippen LogP contribution < -0.4 is 15.4 Å². The second-order valence-electron chi connectivity index (χ2n) is 9.07. The van der Waals surface area contributed by atoms with E-state index in [0.717, 1.165) is 10.2 Å². The molecule has 0 bridgehead atoms. The lowest BCUT2D eigenvalue weighted by Crippen LogP contribution is -2.47. The fourth-order valence-electron chi connectivity index (χ4n) is 3.74. The minimum absolute atomic E-state index is 0.112. The summed E-state index contributed by atoms with van der Waals surface area (Å²) >= 11 is 1.48. The number of benzene rings is 1. The van der Waals surface area contributed by atoms with E-state index in [0.29, 0.717) is 30.7 Å².